The van der Waals surface area contributed by atoms with Crippen molar-refractivity contribution >= 4 is 11.8 Å². The van der Waals surface area contributed by atoms with Crippen molar-refractivity contribution in [2.45, 2.75) is 51.7 Å². The number of hydrogen-bond acceptors (Lipinski definition) is 4. The summed E-state index contributed by atoms with van der Waals surface area (Å²) in [5, 5.41) is 5.61. The Bertz CT molecular complexity index is 956. The number of rotatable bonds is 9. The van der Waals surface area contributed by atoms with Crippen molar-refractivity contribution in [3.8, 4) is 0 Å². The van der Waals surface area contributed by atoms with Crippen LogP contribution < -0.4 is 10.6 Å². The van der Waals surface area contributed by atoms with Gasteiger partial charge in [-0.3, -0.25) is 9.59 Å². The van der Waals surface area contributed by atoms with Gasteiger partial charge in [0.2, 0.25) is 5.91 Å². The maximum Gasteiger partial charge on any atom is 0.285 e. The highest BCUT2D eigenvalue weighted by Gasteiger charge is 2.37. The lowest BCUT2D eigenvalue weighted by molar-refractivity contribution is -0.127. The second-order valence-corrected chi connectivity index (χ2v) is 8.37. The van der Waals surface area contributed by atoms with Crippen LogP contribution in [0.15, 0.2) is 54.8 Å². The van der Waals surface area contributed by atoms with E-state index in [9.17, 15) is 18.4 Å². The molecular formula is C26H36F2N4O2. The van der Waals surface area contributed by atoms with Gasteiger partial charge in [-0.1, -0.05) is 45.2 Å². The molecule has 2 N–H and O–H groups in total. The summed E-state index contributed by atoms with van der Waals surface area (Å²) in [6.07, 6.45) is 3.95. The molecule has 34 heavy (non-hydrogen) atoms. The average molecular weight is 475 g/mol. The van der Waals surface area contributed by atoms with Crippen molar-refractivity contribution in [2.75, 3.05) is 27.2 Å². The third kappa shape index (κ3) is 6.32. The number of nitrogens with one attached hydrogen (secondary N) is 2. The first-order valence-corrected chi connectivity index (χ1v) is 11.6. The summed E-state index contributed by atoms with van der Waals surface area (Å²) < 4.78 is 29.3. The number of hydrogen-bond donors (Lipinski definition) is 2. The molecule has 0 spiro atoms. The van der Waals surface area contributed by atoms with Crippen molar-refractivity contribution in [2.24, 2.45) is 0 Å². The van der Waals surface area contributed by atoms with E-state index in [0.717, 1.165) is 23.6 Å². The van der Waals surface area contributed by atoms with Crippen molar-refractivity contribution in [3.05, 3.63) is 71.5 Å². The lowest BCUT2D eigenvalue weighted by Crippen LogP contribution is -2.50. The standard InChI is InChI=1S/C24H30F2N4O2.C2H6/c1-5-19(11-16(2)29(3)4)24(25,26)15-27-13-17-8-9-20-18(12-17)14-30(23(20)32)21-7-6-10-28-22(21)31;1-2/h5,8-9,11-12,21,27H,1-2,6-7,10,13-15H2,3-4H3,(H,28,31);1-2H3/b19-11+;. The first-order valence-electron chi connectivity index (χ1n) is 11.6. The molecule has 186 valence electrons. The Morgan fingerprint density at radius 2 is 2.03 bits per heavy atom. The van der Waals surface area contributed by atoms with Gasteiger partial charge in [0.1, 0.15) is 6.04 Å². The fourth-order valence-electron chi connectivity index (χ4n) is 3.90. The lowest BCUT2D eigenvalue weighted by atomic mass is 10.1. The molecule has 6 nitrogen and oxygen atoms in total. The molecule has 1 atom stereocenters. The van der Waals surface area contributed by atoms with Gasteiger partial charge in [-0.2, -0.15) is 8.78 Å². The highest BCUT2D eigenvalue weighted by Crippen LogP contribution is 2.29. The van der Waals surface area contributed by atoms with E-state index in [2.05, 4.69) is 23.8 Å². The molecule has 1 fully saturated rings. The van der Waals surface area contributed by atoms with Crippen LogP contribution in [0, 0.1) is 0 Å². The number of benzene rings is 1. The van der Waals surface area contributed by atoms with E-state index < -0.39 is 18.5 Å². The number of halogens is 2. The number of piperidine rings is 1. The van der Waals surface area contributed by atoms with Gasteiger partial charge in [0.15, 0.2) is 0 Å². The maximum atomic E-state index is 14.6. The smallest absolute Gasteiger partial charge is 0.285 e. The Morgan fingerprint density at radius 3 is 2.65 bits per heavy atom. The zero-order valence-corrected chi connectivity index (χ0v) is 20.6. The Labute approximate surface area is 201 Å². The highest BCUT2D eigenvalue weighted by atomic mass is 19.3. The zero-order valence-electron chi connectivity index (χ0n) is 20.6. The summed E-state index contributed by atoms with van der Waals surface area (Å²) in [5.74, 6) is -3.39. The Balaban J connectivity index is 0.00000199. The summed E-state index contributed by atoms with van der Waals surface area (Å²) >= 11 is 0. The topological polar surface area (TPSA) is 64.7 Å². The molecule has 2 amide bonds. The minimum Gasteiger partial charge on any atom is -0.378 e. The largest absolute Gasteiger partial charge is 0.378 e. The Hall–Kier alpha value is -3.00. The summed E-state index contributed by atoms with van der Waals surface area (Å²) in [6, 6.07) is 4.86. The van der Waals surface area contributed by atoms with Gasteiger partial charge in [-0.25, -0.2) is 0 Å². The van der Waals surface area contributed by atoms with Crippen molar-refractivity contribution in [1.82, 2.24) is 20.4 Å². The molecule has 1 aromatic rings. The summed E-state index contributed by atoms with van der Waals surface area (Å²) in [5.41, 5.74) is 2.43. The quantitative estimate of drug-likeness (QED) is 0.534. The first-order chi connectivity index (χ1) is 16.1. The first kappa shape index (κ1) is 27.2. The number of nitrogens with zero attached hydrogens (tertiary/aromatic N) is 2. The molecule has 2 aliphatic heterocycles. The van der Waals surface area contributed by atoms with Gasteiger partial charge >= 0.3 is 0 Å². The van der Waals surface area contributed by atoms with Crippen LogP contribution in [0.2, 0.25) is 0 Å². The number of fused-ring (bicyclic) bond motifs is 1. The molecule has 0 aromatic heterocycles. The van der Waals surface area contributed by atoms with E-state index in [4.69, 9.17) is 0 Å². The average Bonchev–Trinajstić information content (AvgIpc) is 3.14. The van der Waals surface area contributed by atoms with Gasteiger partial charge in [-0.15, -0.1) is 0 Å². The second-order valence-electron chi connectivity index (χ2n) is 8.37. The van der Waals surface area contributed by atoms with E-state index in [-0.39, 0.29) is 23.9 Å². The minimum absolute atomic E-state index is 0.121. The number of allylic oxidation sites excluding steroid dienone is 2. The summed E-state index contributed by atoms with van der Waals surface area (Å²) in [4.78, 5) is 28.2. The minimum atomic E-state index is -3.11. The molecule has 0 bridgehead atoms. The van der Waals surface area contributed by atoms with Crippen LogP contribution in [0.4, 0.5) is 8.78 Å². The van der Waals surface area contributed by atoms with Crippen LogP contribution in [0.1, 0.15) is 48.2 Å². The van der Waals surface area contributed by atoms with E-state index in [1.54, 1.807) is 36.0 Å². The molecule has 1 unspecified atom stereocenters. The van der Waals surface area contributed by atoms with Crippen LogP contribution in [-0.4, -0.2) is 60.8 Å². The predicted octanol–water partition coefficient (Wildman–Crippen LogP) is 3.86. The molecular weight excluding hydrogens is 438 g/mol. The van der Waals surface area contributed by atoms with Gasteiger partial charge in [0.25, 0.3) is 11.8 Å². The van der Waals surface area contributed by atoms with E-state index in [0.29, 0.717) is 30.8 Å². The van der Waals surface area contributed by atoms with Crippen LogP contribution in [-0.2, 0) is 17.9 Å². The molecule has 3 rings (SSSR count). The van der Waals surface area contributed by atoms with Crippen LogP contribution >= 0.6 is 0 Å². The third-order valence-electron chi connectivity index (χ3n) is 5.85. The van der Waals surface area contributed by atoms with Gasteiger partial charge in [0, 0.05) is 50.6 Å². The normalized spacial score (nSPS) is 18.0. The third-order valence-corrected chi connectivity index (χ3v) is 5.85. The lowest BCUT2D eigenvalue weighted by Gasteiger charge is -2.30. The van der Waals surface area contributed by atoms with Crippen LogP contribution in [0.25, 0.3) is 0 Å². The van der Waals surface area contributed by atoms with Gasteiger partial charge < -0.3 is 20.4 Å². The van der Waals surface area contributed by atoms with Crippen LogP contribution in [0.5, 0.6) is 0 Å². The summed E-state index contributed by atoms with van der Waals surface area (Å²) in [6.45, 7) is 11.9. The van der Waals surface area contributed by atoms with Gasteiger partial charge in [0.05, 0.1) is 6.54 Å². The van der Waals surface area contributed by atoms with E-state index in [1.165, 1.54) is 6.08 Å². The second kappa shape index (κ2) is 11.9. The molecule has 2 heterocycles. The summed E-state index contributed by atoms with van der Waals surface area (Å²) in [7, 11) is 3.46. The molecule has 0 radical (unpaired) electrons. The van der Waals surface area contributed by atoms with Crippen molar-refractivity contribution < 1.29 is 18.4 Å². The molecule has 0 aliphatic carbocycles. The molecule has 2 aliphatic rings. The monoisotopic (exact) mass is 474 g/mol. The fourth-order valence-corrected chi connectivity index (χ4v) is 3.90. The predicted molar refractivity (Wildman–Crippen MR) is 131 cm³/mol. The molecule has 8 heteroatoms. The number of carbonyl (C=O) groups excluding carboxylic acids is 2. The molecule has 0 saturated carbocycles. The maximum absolute atomic E-state index is 14.6. The van der Waals surface area contributed by atoms with Crippen LogP contribution in [0.3, 0.4) is 0 Å². The molecule has 1 aromatic carbocycles. The number of alkyl halides is 2. The Kier molecular flexibility index (Phi) is 9.55. The van der Waals surface area contributed by atoms with E-state index >= 15 is 0 Å². The highest BCUT2D eigenvalue weighted by molar-refractivity contribution is 6.01. The fraction of sp³-hybridized carbons (Fsp3) is 0.462. The number of carbonyl (C=O) groups is 2. The van der Waals surface area contributed by atoms with Crippen molar-refractivity contribution in [1.29, 1.82) is 0 Å². The Morgan fingerprint density at radius 1 is 1.32 bits per heavy atom. The zero-order chi connectivity index (χ0) is 25.5. The molecule has 1 saturated heterocycles. The number of likely N-dealkylation sites (N-methyl/N-ethyl adjacent to an activating group) is 1. The van der Waals surface area contributed by atoms with E-state index in [1.807, 2.05) is 19.9 Å². The van der Waals surface area contributed by atoms with Gasteiger partial charge in [-0.05, 0) is 36.1 Å². The SMILES string of the molecule is C=C/C(=C\C(=C)N(C)C)C(F)(F)CNCc1ccc2c(c1)CN(C1CCCNC1=O)C2=O.CC. The number of amides is 2. The van der Waals surface area contributed by atoms with Crippen molar-refractivity contribution in [3.63, 3.8) is 0 Å².